The molecule has 3 aromatic carbocycles. The maximum Gasteiger partial charge on any atom is 0.306 e. The lowest BCUT2D eigenvalue weighted by Gasteiger charge is -2.15. The van der Waals surface area contributed by atoms with Crippen LogP contribution in [0.15, 0.2) is 72.8 Å². The summed E-state index contributed by atoms with van der Waals surface area (Å²) in [6.45, 7) is 7.79. The van der Waals surface area contributed by atoms with E-state index in [0.717, 1.165) is 22.4 Å². The Hall–Kier alpha value is -4.13. The van der Waals surface area contributed by atoms with Crippen molar-refractivity contribution in [1.29, 1.82) is 0 Å². The number of hydrogen-bond donors (Lipinski definition) is 2. The molecule has 7 nitrogen and oxygen atoms in total. The molecular weight excluding hydrogens is 480 g/mol. The molecule has 0 aliphatic rings. The molecule has 7 heteroatoms. The van der Waals surface area contributed by atoms with Crippen molar-refractivity contribution in [2.75, 3.05) is 11.9 Å². The van der Waals surface area contributed by atoms with Gasteiger partial charge in [-0.25, -0.2) is 0 Å². The van der Waals surface area contributed by atoms with E-state index in [1.165, 1.54) is 0 Å². The van der Waals surface area contributed by atoms with E-state index in [2.05, 4.69) is 36.6 Å². The molecule has 38 heavy (non-hydrogen) atoms. The highest BCUT2D eigenvalue weighted by atomic mass is 16.5. The molecule has 2 amide bonds. The molecule has 0 aliphatic carbocycles. The van der Waals surface area contributed by atoms with Crippen molar-refractivity contribution in [3.8, 4) is 11.5 Å². The van der Waals surface area contributed by atoms with Gasteiger partial charge in [-0.15, -0.1) is 0 Å². The van der Waals surface area contributed by atoms with E-state index in [4.69, 9.17) is 9.47 Å². The van der Waals surface area contributed by atoms with Gasteiger partial charge in [0.05, 0.1) is 6.04 Å². The van der Waals surface area contributed by atoms with E-state index in [9.17, 15) is 14.4 Å². The number of carbonyl (C=O) groups is 3. The Morgan fingerprint density at radius 3 is 2.24 bits per heavy atom. The first kappa shape index (κ1) is 28.4. The number of rotatable bonds is 12. The number of anilines is 1. The fraction of sp³-hybridized carbons (Fsp3) is 0.323. The van der Waals surface area contributed by atoms with Gasteiger partial charge >= 0.3 is 5.97 Å². The third kappa shape index (κ3) is 9.07. The van der Waals surface area contributed by atoms with Crippen molar-refractivity contribution in [1.82, 2.24) is 5.32 Å². The molecule has 0 radical (unpaired) electrons. The second kappa shape index (κ2) is 14.0. The highest BCUT2D eigenvalue weighted by molar-refractivity contribution is 5.91. The van der Waals surface area contributed by atoms with Crippen molar-refractivity contribution >= 4 is 23.5 Å². The van der Waals surface area contributed by atoms with E-state index in [0.29, 0.717) is 23.8 Å². The van der Waals surface area contributed by atoms with Gasteiger partial charge in [0, 0.05) is 18.5 Å². The maximum absolute atomic E-state index is 12.3. The predicted molar refractivity (Wildman–Crippen MR) is 148 cm³/mol. The van der Waals surface area contributed by atoms with Crippen LogP contribution in [0.1, 0.15) is 68.7 Å². The molecule has 2 N–H and O–H groups in total. The van der Waals surface area contributed by atoms with Crippen LogP contribution in [0.4, 0.5) is 5.69 Å². The molecule has 0 aromatic heterocycles. The van der Waals surface area contributed by atoms with Crippen LogP contribution >= 0.6 is 0 Å². The molecule has 0 heterocycles. The number of amides is 2. The molecular formula is C31H36N2O5. The minimum atomic E-state index is -0.515. The van der Waals surface area contributed by atoms with Crippen LogP contribution in [0.2, 0.25) is 0 Å². The largest absolute Gasteiger partial charge is 0.457 e. The van der Waals surface area contributed by atoms with Gasteiger partial charge in [0.25, 0.3) is 5.91 Å². The van der Waals surface area contributed by atoms with Crippen LogP contribution < -0.4 is 15.4 Å². The summed E-state index contributed by atoms with van der Waals surface area (Å²) in [5, 5.41) is 5.61. The highest BCUT2D eigenvalue weighted by Gasteiger charge is 2.13. The molecule has 1 atom stereocenters. The minimum absolute atomic E-state index is 0.0520. The SMILES string of the molecule is Cc1ccc(C(C)C)c(Oc2ccc(NC(=O)CCCC(=O)OCC(=O)N[C@@H](C)c3ccccc3)cc2)c1. The van der Waals surface area contributed by atoms with Gasteiger partial charge < -0.3 is 20.1 Å². The predicted octanol–water partition coefficient (Wildman–Crippen LogP) is 6.44. The number of aryl methyl sites for hydroxylation is 1. The summed E-state index contributed by atoms with van der Waals surface area (Å²) in [5.74, 6) is 0.748. The fourth-order valence-corrected chi connectivity index (χ4v) is 3.88. The lowest BCUT2D eigenvalue weighted by molar-refractivity contribution is -0.148. The molecule has 0 saturated heterocycles. The van der Waals surface area contributed by atoms with E-state index < -0.39 is 5.97 Å². The Labute approximate surface area is 224 Å². The van der Waals surface area contributed by atoms with Gasteiger partial charge in [0.2, 0.25) is 5.91 Å². The molecule has 0 spiro atoms. The number of hydrogen-bond acceptors (Lipinski definition) is 5. The molecule has 200 valence electrons. The molecule has 0 aliphatic heterocycles. The van der Waals surface area contributed by atoms with Gasteiger partial charge in [0.15, 0.2) is 6.61 Å². The summed E-state index contributed by atoms with van der Waals surface area (Å²) in [7, 11) is 0. The standard InChI is InChI=1S/C31H36N2O5/c1-21(2)27-18-13-22(3)19-28(27)38-26-16-14-25(15-17-26)33-29(34)11-8-12-31(36)37-20-30(35)32-23(4)24-9-6-5-7-10-24/h5-7,9-10,13-19,21,23H,8,11-12,20H2,1-4H3,(H,32,35)(H,33,34)/t23-/m0/s1. The normalized spacial score (nSPS) is 11.5. The molecule has 0 bridgehead atoms. The third-order valence-corrected chi connectivity index (χ3v) is 5.98. The van der Waals surface area contributed by atoms with Crippen LogP contribution in [-0.2, 0) is 19.1 Å². The van der Waals surface area contributed by atoms with E-state index >= 15 is 0 Å². The van der Waals surface area contributed by atoms with Crippen LogP contribution in [0.3, 0.4) is 0 Å². The number of nitrogens with one attached hydrogen (secondary N) is 2. The maximum atomic E-state index is 12.3. The van der Waals surface area contributed by atoms with Crippen LogP contribution in [-0.4, -0.2) is 24.4 Å². The zero-order chi connectivity index (χ0) is 27.5. The highest BCUT2D eigenvalue weighted by Crippen LogP contribution is 2.32. The molecule has 0 fully saturated rings. The number of carbonyl (C=O) groups excluding carboxylic acids is 3. The number of benzene rings is 3. The first-order chi connectivity index (χ1) is 18.2. The summed E-state index contributed by atoms with van der Waals surface area (Å²) in [4.78, 5) is 36.3. The Morgan fingerprint density at radius 1 is 0.842 bits per heavy atom. The Morgan fingerprint density at radius 2 is 1.55 bits per heavy atom. The second-order valence-corrected chi connectivity index (χ2v) is 9.58. The van der Waals surface area contributed by atoms with Gasteiger partial charge in [-0.3, -0.25) is 14.4 Å². The van der Waals surface area contributed by atoms with Crippen LogP contribution in [0.5, 0.6) is 11.5 Å². The summed E-state index contributed by atoms with van der Waals surface area (Å²) in [5.41, 5.74) is 3.86. The average molecular weight is 517 g/mol. The number of esters is 1. The summed E-state index contributed by atoms with van der Waals surface area (Å²) < 4.78 is 11.1. The summed E-state index contributed by atoms with van der Waals surface area (Å²) in [6.07, 6.45) is 0.529. The summed E-state index contributed by atoms with van der Waals surface area (Å²) in [6, 6.07) is 22.7. The van der Waals surface area contributed by atoms with Gasteiger partial charge in [-0.2, -0.15) is 0 Å². The molecule has 0 unspecified atom stereocenters. The Balaban J connectivity index is 1.36. The number of ether oxygens (including phenoxy) is 2. The lowest BCUT2D eigenvalue weighted by atomic mass is 10.0. The quantitative estimate of drug-likeness (QED) is 0.270. The smallest absolute Gasteiger partial charge is 0.306 e. The monoisotopic (exact) mass is 516 g/mol. The van der Waals surface area contributed by atoms with E-state index in [-0.39, 0.29) is 37.3 Å². The lowest BCUT2D eigenvalue weighted by Crippen LogP contribution is -2.31. The van der Waals surface area contributed by atoms with Crippen LogP contribution in [0, 0.1) is 6.92 Å². The van der Waals surface area contributed by atoms with Crippen molar-refractivity contribution in [2.24, 2.45) is 0 Å². The fourth-order valence-electron chi connectivity index (χ4n) is 3.88. The first-order valence-electron chi connectivity index (χ1n) is 12.9. The third-order valence-electron chi connectivity index (χ3n) is 5.98. The van der Waals surface area contributed by atoms with Crippen LogP contribution in [0.25, 0.3) is 0 Å². The average Bonchev–Trinajstić information content (AvgIpc) is 2.89. The van der Waals surface area contributed by atoms with E-state index in [1.807, 2.05) is 62.4 Å². The molecule has 3 aromatic rings. The molecule has 0 saturated carbocycles. The zero-order valence-electron chi connectivity index (χ0n) is 22.5. The van der Waals surface area contributed by atoms with Crippen molar-refractivity contribution < 1.29 is 23.9 Å². The zero-order valence-corrected chi connectivity index (χ0v) is 22.5. The van der Waals surface area contributed by atoms with E-state index in [1.54, 1.807) is 12.1 Å². The van der Waals surface area contributed by atoms with Crippen molar-refractivity contribution in [3.63, 3.8) is 0 Å². The second-order valence-electron chi connectivity index (χ2n) is 9.58. The van der Waals surface area contributed by atoms with Crippen molar-refractivity contribution in [3.05, 3.63) is 89.5 Å². The molecule has 3 rings (SSSR count). The summed E-state index contributed by atoms with van der Waals surface area (Å²) >= 11 is 0. The minimum Gasteiger partial charge on any atom is -0.457 e. The Kier molecular flexibility index (Phi) is 10.5. The topological polar surface area (TPSA) is 93.7 Å². The Bertz CT molecular complexity index is 1220. The van der Waals surface area contributed by atoms with Crippen molar-refractivity contribution in [2.45, 2.75) is 58.9 Å². The van der Waals surface area contributed by atoms with Gasteiger partial charge in [0.1, 0.15) is 11.5 Å². The van der Waals surface area contributed by atoms with Gasteiger partial charge in [-0.1, -0.05) is 56.3 Å². The van der Waals surface area contributed by atoms with Gasteiger partial charge in [-0.05, 0) is 73.2 Å². The first-order valence-corrected chi connectivity index (χ1v) is 12.9.